The van der Waals surface area contributed by atoms with Gasteiger partial charge in [-0.2, -0.15) is 41.3 Å². The molecule has 36 heavy (non-hydrogen) atoms. The van der Waals surface area contributed by atoms with E-state index in [1.54, 1.807) is 13.8 Å². The van der Waals surface area contributed by atoms with Crippen molar-refractivity contribution in [2.45, 2.75) is 50.3 Å². The second kappa shape index (κ2) is 10.6. The fourth-order valence-electron chi connectivity index (χ4n) is 3.33. The SMILES string of the molecule is CC(C)S(=O)(=O)N1CCC(Nc2nc(Nc3cccc(C(F)(F)F)c3)nc(OCC(F)(F)F)n2)CC1. The van der Waals surface area contributed by atoms with Gasteiger partial charge < -0.3 is 15.4 Å². The van der Waals surface area contributed by atoms with Crippen molar-refractivity contribution < 1.29 is 39.5 Å². The van der Waals surface area contributed by atoms with Crippen molar-refractivity contribution >= 4 is 27.6 Å². The molecule has 1 aromatic heterocycles. The Kier molecular flexibility index (Phi) is 8.17. The van der Waals surface area contributed by atoms with E-state index in [2.05, 4.69) is 30.3 Å². The van der Waals surface area contributed by atoms with E-state index >= 15 is 0 Å². The molecule has 1 aliphatic heterocycles. The maximum atomic E-state index is 13.0. The number of alkyl halides is 6. The van der Waals surface area contributed by atoms with Gasteiger partial charge in [-0.3, -0.25) is 0 Å². The zero-order valence-electron chi connectivity index (χ0n) is 19.2. The van der Waals surface area contributed by atoms with E-state index in [0.29, 0.717) is 12.8 Å². The molecule has 1 aromatic carbocycles. The Morgan fingerprint density at radius 1 is 1.06 bits per heavy atom. The summed E-state index contributed by atoms with van der Waals surface area (Å²) in [5.74, 6) is -0.523. The maximum Gasteiger partial charge on any atom is 0.422 e. The Morgan fingerprint density at radius 2 is 1.69 bits per heavy atom. The number of piperidine rings is 1. The first kappa shape index (κ1) is 27.7. The summed E-state index contributed by atoms with van der Waals surface area (Å²) in [6.07, 6.45) is -8.55. The highest BCUT2D eigenvalue weighted by atomic mass is 32.2. The fourth-order valence-corrected chi connectivity index (χ4v) is 4.64. The zero-order valence-corrected chi connectivity index (χ0v) is 20.0. The lowest BCUT2D eigenvalue weighted by atomic mass is 10.1. The van der Waals surface area contributed by atoms with E-state index in [1.807, 2.05) is 0 Å². The molecule has 1 fully saturated rings. The van der Waals surface area contributed by atoms with Crippen LogP contribution in [0.25, 0.3) is 0 Å². The van der Waals surface area contributed by atoms with Gasteiger partial charge in [-0.25, -0.2) is 12.7 Å². The van der Waals surface area contributed by atoms with Crippen LogP contribution in [0.15, 0.2) is 24.3 Å². The maximum absolute atomic E-state index is 13.0. The molecular weight excluding hydrogens is 518 g/mol. The van der Waals surface area contributed by atoms with Crippen molar-refractivity contribution in [3.05, 3.63) is 29.8 Å². The summed E-state index contributed by atoms with van der Waals surface area (Å²) >= 11 is 0. The van der Waals surface area contributed by atoms with Crippen molar-refractivity contribution in [3.8, 4) is 6.01 Å². The predicted molar refractivity (Wildman–Crippen MR) is 118 cm³/mol. The number of benzene rings is 1. The zero-order chi connectivity index (χ0) is 26.7. The summed E-state index contributed by atoms with van der Waals surface area (Å²) in [5, 5.41) is 4.86. The molecular formula is C20H24F6N6O3S. The first-order valence-electron chi connectivity index (χ1n) is 10.8. The third kappa shape index (κ3) is 7.56. The van der Waals surface area contributed by atoms with Crippen LogP contribution >= 0.6 is 0 Å². The molecule has 0 atom stereocenters. The molecule has 0 saturated carbocycles. The Morgan fingerprint density at radius 3 is 2.28 bits per heavy atom. The quantitative estimate of drug-likeness (QED) is 0.478. The number of rotatable bonds is 8. The highest BCUT2D eigenvalue weighted by Crippen LogP contribution is 2.31. The first-order chi connectivity index (χ1) is 16.6. The van der Waals surface area contributed by atoms with Gasteiger partial charge in [-0.05, 0) is 44.9 Å². The molecule has 0 amide bonds. The van der Waals surface area contributed by atoms with Crippen LogP contribution in [0.5, 0.6) is 6.01 Å². The summed E-state index contributed by atoms with van der Waals surface area (Å²) in [5.41, 5.74) is -1.01. The van der Waals surface area contributed by atoms with Crippen LogP contribution in [0.2, 0.25) is 0 Å². The Bertz CT molecular complexity index is 1150. The standard InChI is InChI=1S/C20H24F6N6O3S/c1-12(2)36(33,34)32-8-6-14(7-9-32)27-16-29-17(31-18(30-16)35-11-19(21,22)23)28-15-5-3-4-13(10-15)20(24,25)26/h3-5,10,12,14H,6-9,11H2,1-2H3,(H2,27,28,29,30,31). The number of ether oxygens (including phenoxy) is 1. The van der Waals surface area contributed by atoms with Crippen LogP contribution in [0.3, 0.4) is 0 Å². The number of hydrogen-bond donors (Lipinski definition) is 2. The largest absolute Gasteiger partial charge is 0.454 e. The molecule has 0 aliphatic carbocycles. The van der Waals surface area contributed by atoms with Gasteiger partial charge in [0, 0.05) is 24.8 Å². The number of halogens is 6. The van der Waals surface area contributed by atoms with Crippen LogP contribution in [0.4, 0.5) is 43.9 Å². The molecule has 16 heteroatoms. The fraction of sp³-hybridized carbons (Fsp3) is 0.550. The normalized spacial score (nSPS) is 16.2. The molecule has 3 rings (SSSR count). The van der Waals surface area contributed by atoms with E-state index in [-0.39, 0.29) is 36.7 Å². The average Bonchev–Trinajstić information content (AvgIpc) is 2.77. The molecule has 0 bridgehead atoms. The van der Waals surface area contributed by atoms with Crippen molar-refractivity contribution in [2.75, 3.05) is 30.3 Å². The van der Waals surface area contributed by atoms with Crippen LogP contribution in [-0.4, -0.2) is 64.8 Å². The first-order valence-corrected chi connectivity index (χ1v) is 12.3. The van der Waals surface area contributed by atoms with Crippen molar-refractivity contribution in [1.29, 1.82) is 0 Å². The van der Waals surface area contributed by atoms with Gasteiger partial charge in [0.15, 0.2) is 6.61 Å². The van der Waals surface area contributed by atoms with E-state index in [0.717, 1.165) is 18.2 Å². The minimum Gasteiger partial charge on any atom is -0.454 e. The highest BCUT2D eigenvalue weighted by molar-refractivity contribution is 7.89. The summed E-state index contributed by atoms with van der Waals surface area (Å²) in [6.45, 7) is 1.90. The van der Waals surface area contributed by atoms with Gasteiger partial charge in [0.05, 0.1) is 10.8 Å². The summed E-state index contributed by atoms with van der Waals surface area (Å²) < 4.78 is 108. The predicted octanol–water partition coefficient (Wildman–Crippen LogP) is 4.19. The molecule has 9 nitrogen and oxygen atoms in total. The highest BCUT2D eigenvalue weighted by Gasteiger charge is 2.32. The topological polar surface area (TPSA) is 109 Å². The monoisotopic (exact) mass is 542 g/mol. The van der Waals surface area contributed by atoms with E-state index in [4.69, 9.17) is 0 Å². The molecule has 0 unspecified atom stereocenters. The number of sulfonamides is 1. The van der Waals surface area contributed by atoms with Gasteiger partial charge in [0.1, 0.15) is 0 Å². The summed E-state index contributed by atoms with van der Waals surface area (Å²) in [7, 11) is -3.43. The molecule has 200 valence electrons. The number of nitrogens with zero attached hydrogens (tertiary/aromatic N) is 4. The van der Waals surface area contributed by atoms with Crippen molar-refractivity contribution in [1.82, 2.24) is 19.3 Å². The lowest BCUT2D eigenvalue weighted by molar-refractivity contribution is -0.154. The van der Waals surface area contributed by atoms with Crippen LogP contribution in [0.1, 0.15) is 32.3 Å². The smallest absolute Gasteiger partial charge is 0.422 e. The van der Waals surface area contributed by atoms with Crippen molar-refractivity contribution in [2.24, 2.45) is 0 Å². The average molecular weight is 543 g/mol. The van der Waals surface area contributed by atoms with Gasteiger partial charge in [-0.1, -0.05) is 6.07 Å². The van der Waals surface area contributed by atoms with Crippen LogP contribution in [-0.2, 0) is 16.2 Å². The van der Waals surface area contributed by atoms with Crippen LogP contribution in [0, 0.1) is 0 Å². The van der Waals surface area contributed by atoms with Gasteiger partial charge >= 0.3 is 18.4 Å². The minimum absolute atomic E-state index is 0.0593. The lowest BCUT2D eigenvalue weighted by Crippen LogP contribution is -2.45. The molecule has 0 radical (unpaired) electrons. The number of aromatic nitrogens is 3. The number of anilines is 3. The summed E-state index contributed by atoms with van der Waals surface area (Å²) in [4.78, 5) is 11.6. The van der Waals surface area contributed by atoms with Crippen LogP contribution < -0.4 is 15.4 Å². The Hall–Kier alpha value is -2.88. The summed E-state index contributed by atoms with van der Waals surface area (Å²) in [6, 6.07) is 3.08. The van der Waals surface area contributed by atoms with Gasteiger partial charge in [0.25, 0.3) is 0 Å². The molecule has 2 aromatic rings. The number of hydrogen-bond acceptors (Lipinski definition) is 8. The lowest BCUT2D eigenvalue weighted by Gasteiger charge is -2.32. The molecule has 1 aliphatic rings. The van der Waals surface area contributed by atoms with E-state index in [9.17, 15) is 34.8 Å². The molecule has 2 heterocycles. The number of nitrogens with one attached hydrogen (secondary N) is 2. The second-order valence-corrected chi connectivity index (χ2v) is 10.8. The van der Waals surface area contributed by atoms with E-state index < -0.39 is 45.8 Å². The molecule has 1 saturated heterocycles. The van der Waals surface area contributed by atoms with Gasteiger partial charge in [0.2, 0.25) is 21.9 Å². The Labute approximate surface area is 203 Å². The molecule has 0 spiro atoms. The third-order valence-electron chi connectivity index (χ3n) is 5.17. The van der Waals surface area contributed by atoms with Crippen molar-refractivity contribution in [3.63, 3.8) is 0 Å². The minimum atomic E-state index is -4.68. The third-order valence-corrected chi connectivity index (χ3v) is 7.44. The second-order valence-electron chi connectivity index (χ2n) is 8.28. The van der Waals surface area contributed by atoms with E-state index in [1.165, 1.54) is 10.4 Å². The molecule has 2 N–H and O–H groups in total. The van der Waals surface area contributed by atoms with Gasteiger partial charge in [-0.15, -0.1) is 0 Å². The Balaban J connectivity index is 1.79.